The molecule has 2 aliphatic rings. The van der Waals surface area contributed by atoms with Gasteiger partial charge in [-0.25, -0.2) is 13.6 Å². The van der Waals surface area contributed by atoms with E-state index in [9.17, 15) is 22.8 Å². The molecule has 1 aliphatic carbocycles. The van der Waals surface area contributed by atoms with E-state index < -0.39 is 34.9 Å². The number of methoxy groups -OCH3 is 1. The van der Waals surface area contributed by atoms with Crippen LogP contribution in [0.4, 0.5) is 23.7 Å². The van der Waals surface area contributed by atoms with E-state index in [1.807, 2.05) is 4.90 Å². The average molecular weight is 504 g/mol. The normalized spacial score (nSPS) is 22.3. The third-order valence-corrected chi connectivity index (χ3v) is 7.21. The Labute approximate surface area is 209 Å². The summed E-state index contributed by atoms with van der Waals surface area (Å²) in [4.78, 5) is 29.0. The maximum absolute atomic E-state index is 14.2. The second kappa shape index (κ2) is 9.33. The fourth-order valence-corrected chi connectivity index (χ4v) is 6.03. The van der Waals surface area contributed by atoms with Gasteiger partial charge >= 0.3 is 6.03 Å². The van der Waals surface area contributed by atoms with Gasteiger partial charge in [-0.3, -0.25) is 4.79 Å². The Balaban J connectivity index is 1.40. The van der Waals surface area contributed by atoms with Crippen LogP contribution in [0.25, 0.3) is 0 Å². The lowest BCUT2D eigenvalue weighted by atomic mass is 9.65. The minimum absolute atomic E-state index is 0.0121. The fraction of sp³-hybridized carbons (Fsp3) is 0.481. The number of nitrogens with one attached hydrogen (secondary N) is 1. The number of anilines is 1. The maximum Gasteiger partial charge on any atom is 0.321 e. The van der Waals surface area contributed by atoms with E-state index in [0.29, 0.717) is 11.6 Å². The fourth-order valence-electron chi connectivity index (χ4n) is 6.03. The van der Waals surface area contributed by atoms with Crippen molar-refractivity contribution in [3.05, 3.63) is 58.9 Å². The molecule has 1 saturated heterocycles. The summed E-state index contributed by atoms with van der Waals surface area (Å²) in [5.74, 6) is -4.91. The molecule has 194 valence electrons. The summed E-state index contributed by atoms with van der Waals surface area (Å²) in [5, 5.41) is 2.18. The summed E-state index contributed by atoms with van der Waals surface area (Å²) in [6, 6.07) is 7.17. The first kappa shape index (κ1) is 25.9. The Kier molecular flexibility index (Phi) is 6.70. The zero-order chi connectivity index (χ0) is 26.4. The molecule has 4 rings (SSSR count). The summed E-state index contributed by atoms with van der Waals surface area (Å²) in [7, 11) is 2.48. The van der Waals surface area contributed by atoms with Gasteiger partial charge < -0.3 is 19.9 Å². The van der Waals surface area contributed by atoms with Crippen LogP contribution in [-0.4, -0.2) is 48.5 Å². The predicted molar refractivity (Wildman–Crippen MR) is 130 cm³/mol. The smallest absolute Gasteiger partial charge is 0.321 e. The molecule has 1 heterocycles. The third kappa shape index (κ3) is 5.01. The summed E-state index contributed by atoms with van der Waals surface area (Å²) in [6.45, 7) is 7.69. The highest BCUT2D eigenvalue weighted by Gasteiger charge is 2.51. The quantitative estimate of drug-likeness (QED) is 0.524. The van der Waals surface area contributed by atoms with Crippen molar-refractivity contribution in [3.8, 4) is 5.75 Å². The number of carbonyl (C=O) groups excluding carboxylic acids is 2. The largest absolute Gasteiger partial charge is 0.491 e. The zero-order valence-electron chi connectivity index (χ0n) is 21.3. The molecule has 6 nitrogen and oxygen atoms in total. The number of nitrogens with zero attached hydrogens (tertiary/aromatic N) is 2. The molecule has 2 aromatic carbocycles. The Morgan fingerprint density at radius 2 is 1.78 bits per heavy atom. The lowest BCUT2D eigenvalue weighted by Gasteiger charge is -2.39. The molecule has 36 heavy (non-hydrogen) atoms. The number of rotatable bonds is 5. The number of ether oxygens (including phenoxy) is 1. The van der Waals surface area contributed by atoms with Gasteiger partial charge in [0.25, 0.3) is 5.91 Å². The van der Waals surface area contributed by atoms with Crippen LogP contribution >= 0.6 is 0 Å². The van der Waals surface area contributed by atoms with Crippen molar-refractivity contribution in [1.82, 2.24) is 9.80 Å². The van der Waals surface area contributed by atoms with Gasteiger partial charge in [0.15, 0.2) is 17.4 Å². The van der Waals surface area contributed by atoms with E-state index in [0.717, 1.165) is 38.5 Å². The first-order valence-corrected chi connectivity index (χ1v) is 12.0. The number of carbonyl (C=O) groups is 2. The molecule has 2 aromatic rings. The van der Waals surface area contributed by atoms with Crippen molar-refractivity contribution in [1.29, 1.82) is 0 Å². The van der Waals surface area contributed by atoms with Gasteiger partial charge in [-0.1, -0.05) is 32.9 Å². The van der Waals surface area contributed by atoms with Crippen LogP contribution in [-0.2, 0) is 6.54 Å². The molecule has 1 saturated carbocycles. The minimum Gasteiger partial charge on any atom is -0.491 e. The van der Waals surface area contributed by atoms with Gasteiger partial charge in [-0.15, -0.1) is 0 Å². The molecule has 0 radical (unpaired) electrons. The van der Waals surface area contributed by atoms with E-state index in [-0.39, 0.29) is 29.3 Å². The second-order valence-corrected chi connectivity index (χ2v) is 11.2. The van der Waals surface area contributed by atoms with Gasteiger partial charge in [0.1, 0.15) is 0 Å². The molecule has 1 aliphatic heterocycles. The highest BCUT2D eigenvalue weighted by atomic mass is 19.2. The van der Waals surface area contributed by atoms with Crippen LogP contribution in [0.3, 0.4) is 0 Å². The summed E-state index contributed by atoms with van der Waals surface area (Å²) >= 11 is 0. The third-order valence-electron chi connectivity index (χ3n) is 7.21. The molecule has 2 fully saturated rings. The van der Waals surface area contributed by atoms with E-state index in [1.54, 1.807) is 24.3 Å². The Morgan fingerprint density at radius 3 is 2.42 bits per heavy atom. The summed E-state index contributed by atoms with van der Waals surface area (Å²) < 4.78 is 46.5. The van der Waals surface area contributed by atoms with E-state index in [2.05, 4.69) is 30.8 Å². The van der Waals surface area contributed by atoms with Crippen LogP contribution in [0.5, 0.6) is 5.75 Å². The van der Waals surface area contributed by atoms with Gasteiger partial charge in [0, 0.05) is 37.8 Å². The molecule has 0 spiro atoms. The van der Waals surface area contributed by atoms with E-state index in [1.165, 1.54) is 11.9 Å². The molecule has 9 heteroatoms. The SMILES string of the molecule is COc1c(F)cc(NC(=O)N(C)Cc2ccc(C(=O)N3CC4(C)CC3CC(C)(C)C4)cc2)c(F)c1F. The van der Waals surface area contributed by atoms with E-state index >= 15 is 0 Å². The van der Waals surface area contributed by atoms with Crippen LogP contribution in [0.1, 0.15) is 56.0 Å². The number of urea groups is 1. The number of fused-ring (bicyclic) bond motifs is 2. The lowest BCUT2D eigenvalue weighted by molar-refractivity contribution is 0.0708. The van der Waals surface area contributed by atoms with Gasteiger partial charge in [-0.2, -0.15) is 4.39 Å². The standard InChI is InChI=1S/C27H32F3N3O3/c1-26(2)11-18-12-27(3,14-26)15-33(18)24(34)17-8-6-16(7-9-17)13-32(4)25(35)31-20-10-19(28)23(36-5)22(30)21(20)29/h6-10,18H,11-15H2,1-5H3,(H,31,35). The van der Waals surface area contributed by atoms with Crippen molar-refractivity contribution in [2.45, 2.75) is 52.6 Å². The number of halogens is 3. The molecular formula is C27H32F3N3O3. The number of hydrogen-bond acceptors (Lipinski definition) is 3. The number of benzene rings is 2. The number of likely N-dealkylation sites (tertiary alicyclic amines) is 1. The van der Waals surface area contributed by atoms with Gasteiger partial charge in [0.05, 0.1) is 12.8 Å². The van der Waals surface area contributed by atoms with Gasteiger partial charge in [-0.05, 0) is 47.8 Å². The first-order chi connectivity index (χ1) is 16.8. The Hall–Kier alpha value is -3.23. The molecule has 2 atom stereocenters. The van der Waals surface area contributed by atoms with Crippen LogP contribution < -0.4 is 10.1 Å². The average Bonchev–Trinajstić information content (AvgIpc) is 3.06. The Bertz CT molecular complexity index is 1190. The van der Waals surface area contributed by atoms with Crippen molar-refractivity contribution < 1.29 is 27.5 Å². The van der Waals surface area contributed by atoms with Crippen LogP contribution in [0.15, 0.2) is 30.3 Å². The topological polar surface area (TPSA) is 61.9 Å². The minimum atomic E-state index is -1.52. The van der Waals surface area contributed by atoms with Gasteiger partial charge in [0.2, 0.25) is 5.82 Å². The van der Waals surface area contributed by atoms with Crippen LogP contribution in [0, 0.1) is 28.3 Å². The molecule has 1 N–H and O–H groups in total. The van der Waals surface area contributed by atoms with Crippen molar-refractivity contribution in [3.63, 3.8) is 0 Å². The predicted octanol–water partition coefficient (Wildman–Crippen LogP) is 5.82. The zero-order valence-corrected chi connectivity index (χ0v) is 21.3. The second-order valence-electron chi connectivity index (χ2n) is 11.2. The first-order valence-electron chi connectivity index (χ1n) is 12.0. The van der Waals surface area contributed by atoms with Crippen molar-refractivity contribution in [2.24, 2.45) is 10.8 Å². The summed E-state index contributed by atoms with van der Waals surface area (Å²) in [6.07, 6.45) is 3.13. The highest BCUT2D eigenvalue weighted by molar-refractivity contribution is 5.95. The highest BCUT2D eigenvalue weighted by Crippen LogP contribution is 2.52. The van der Waals surface area contributed by atoms with Crippen molar-refractivity contribution in [2.75, 3.05) is 26.0 Å². The lowest BCUT2D eigenvalue weighted by Crippen LogP contribution is -2.37. The number of hydrogen-bond donors (Lipinski definition) is 1. The van der Waals surface area contributed by atoms with E-state index in [4.69, 9.17) is 0 Å². The maximum atomic E-state index is 14.2. The number of amides is 3. The monoisotopic (exact) mass is 503 g/mol. The molecule has 0 aromatic heterocycles. The molecule has 2 unspecified atom stereocenters. The van der Waals surface area contributed by atoms with Crippen LogP contribution in [0.2, 0.25) is 0 Å². The molecule has 3 amide bonds. The Morgan fingerprint density at radius 1 is 1.11 bits per heavy atom. The summed E-state index contributed by atoms with van der Waals surface area (Å²) in [5.41, 5.74) is 1.06. The molecular weight excluding hydrogens is 471 g/mol. The molecule has 2 bridgehead atoms. The van der Waals surface area contributed by atoms with Crippen molar-refractivity contribution >= 4 is 17.6 Å².